The lowest BCUT2D eigenvalue weighted by Crippen LogP contribution is -2.51. The van der Waals surface area contributed by atoms with Crippen LogP contribution in [0.1, 0.15) is 25.5 Å². The van der Waals surface area contributed by atoms with Crippen molar-refractivity contribution < 1.29 is 14.3 Å². The van der Waals surface area contributed by atoms with Crippen LogP contribution in [-0.4, -0.2) is 49.1 Å². The van der Waals surface area contributed by atoms with E-state index in [0.717, 1.165) is 5.56 Å². The highest BCUT2D eigenvalue weighted by atomic mass is 35.5. The van der Waals surface area contributed by atoms with Crippen molar-refractivity contribution in [1.29, 1.82) is 0 Å². The molecule has 1 aliphatic heterocycles. The van der Waals surface area contributed by atoms with Crippen LogP contribution in [0.25, 0.3) is 0 Å². The molecule has 0 bridgehead atoms. The topological polar surface area (TPSA) is 84.7 Å². The number of nitrogens with one attached hydrogen (secondary N) is 1. The maximum Gasteiger partial charge on any atom is 0.245 e. The first kappa shape index (κ1) is 20.4. The second-order valence-corrected chi connectivity index (χ2v) is 5.89. The quantitative estimate of drug-likeness (QED) is 0.828. The Morgan fingerprint density at radius 2 is 1.75 bits per heavy atom. The Morgan fingerprint density at radius 3 is 2.33 bits per heavy atom. The van der Waals surface area contributed by atoms with Gasteiger partial charge in [-0.3, -0.25) is 9.59 Å². The van der Waals surface area contributed by atoms with Crippen LogP contribution in [-0.2, 0) is 14.3 Å². The van der Waals surface area contributed by atoms with Gasteiger partial charge in [-0.2, -0.15) is 0 Å². The van der Waals surface area contributed by atoms with Crippen molar-refractivity contribution in [3.63, 3.8) is 0 Å². The van der Waals surface area contributed by atoms with E-state index in [2.05, 4.69) is 5.32 Å². The molecule has 0 radical (unpaired) electrons. The monoisotopic (exact) mass is 355 g/mol. The lowest BCUT2D eigenvalue weighted by Gasteiger charge is -2.30. The maximum atomic E-state index is 12.4. The molecule has 2 amide bonds. The number of benzene rings is 1. The molecular weight excluding hydrogens is 330 g/mol. The molecule has 1 aliphatic rings. The van der Waals surface area contributed by atoms with Crippen molar-refractivity contribution in [3.8, 4) is 0 Å². The summed E-state index contributed by atoms with van der Waals surface area (Å²) in [4.78, 5) is 26.4. The zero-order valence-corrected chi connectivity index (χ0v) is 14.9. The summed E-state index contributed by atoms with van der Waals surface area (Å²) in [6.07, 6.45) is 0. The minimum absolute atomic E-state index is 0. The Kier molecular flexibility index (Phi) is 8.18. The molecule has 3 N–H and O–H groups in total. The number of hydrogen-bond acceptors (Lipinski definition) is 4. The van der Waals surface area contributed by atoms with Gasteiger partial charge in [-0.1, -0.05) is 37.3 Å². The minimum Gasteiger partial charge on any atom is -0.378 e. The molecule has 6 nitrogen and oxygen atoms in total. The summed E-state index contributed by atoms with van der Waals surface area (Å²) in [6, 6.07) is 8.53. The molecule has 134 valence electrons. The average molecular weight is 356 g/mol. The van der Waals surface area contributed by atoms with Crippen LogP contribution in [0.2, 0.25) is 0 Å². The molecule has 1 aromatic carbocycles. The third kappa shape index (κ3) is 5.19. The van der Waals surface area contributed by atoms with E-state index in [1.165, 1.54) is 0 Å². The van der Waals surface area contributed by atoms with E-state index < -0.39 is 18.0 Å². The van der Waals surface area contributed by atoms with Gasteiger partial charge < -0.3 is 20.7 Å². The number of ether oxygens (including phenoxy) is 1. The SMILES string of the molecule is CC(NC(=O)C(C)C(N)c1ccccc1)C(=O)N1CCOCC1.Cl. The van der Waals surface area contributed by atoms with Crippen LogP contribution >= 0.6 is 12.4 Å². The van der Waals surface area contributed by atoms with Crippen molar-refractivity contribution in [1.82, 2.24) is 10.2 Å². The summed E-state index contributed by atoms with van der Waals surface area (Å²) >= 11 is 0. The Morgan fingerprint density at radius 1 is 1.17 bits per heavy atom. The van der Waals surface area contributed by atoms with Gasteiger partial charge in [0.2, 0.25) is 11.8 Å². The average Bonchev–Trinajstić information content (AvgIpc) is 2.61. The highest BCUT2D eigenvalue weighted by molar-refractivity contribution is 5.88. The third-order valence-corrected chi connectivity index (χ3v) is 4.19. The molecule has 1 saturated heterocycles. The van der Waals surface area contributed by atoms with Crippen LogP contribution in [0.5, 0.6) is 0 Å². The molecule has 24 heavy (non-hydrogen) atoms. The van der Waals surface area contributed by atoms with E-state index in [0.29, 0.717) is 26.3 Å². The summed E-state index contributed by atoms with van der Waals surface area (Å²) in [7, 11) is 0. The Bertz CT molecular complexity index is 535. The normalized spacial score (nSPS) is 18.0. The van der Waals surface area contributed by atoms with Crippen molar-refractivity contribution in [2.24, 2.45) is 11.7 Å². The highest BCUT2D eigenvalue weighted by Crippen LogP contribution is 2.19. The number of morpholine rings is 1. The summed E-state index contributed by atoms with van der Waals surface area (Å²) in [5, 5.41) is 2.78. The maximum absolute atomic E-state index is 12.4. The first-order chi connectivity index (χ1) is 11.0. The third-order valence-electron chi connectivity index (χ3n) is 4.19. The van der Waals surface area contributed by atoms with Crippen LogP contribution in [0.15, 0.2) is 30.3 Å². The van der Waals surface area contributed by atoms with Gasteiger partial charge in [0.15, 0.2) is 0 Å². The van der Waals surface area contributed by atoms with Gasteiger partial charge in [0.25, 0.3) is 0 Å². The van der Waals surface area contributed by atoms with Crippen molar-refractivity contribution in [2.45, 2.75) is 25.9 Å². The molecule has 1 fully saturated rings. The van der Waals surface area contributed by atoms with Crippen molar-refractivity contribution >= 4 is 24.2 Å². The molecule has 7 heteroatoms. The number of halogens is 1. The molecule has 3 atom stereocenters. The Balaban J connectivity index is 0.00000288. The number of rotatable bonds is 5. The Labute approximate surface area is 149 Å². The summed E-state index contributed by atoms with van der Waals surface area (Å²) in [5.74, 6) is -0.713. The predicted octanol–water partition coefficient (Wildman–Crippen LogP) is 1.11. The molecule has 0 aromatic heterocycles. The smallest absolute Gasteiger partial charge is 0.245 e. The summed E-state index contributed by atoms with van der Waals surface area (Å²) in [5.41, 5.74) is 7.07. The van der Waals surface area contributed by atoms with E-state index in [4.69, 9.17) is 10.5 Å². The molecule has 1 aromatic rings. The number of amides is 2. The van der Waals surface area contributed by atoms with Gasteiger partial charge in [-0.05, 0) is 12.5 Å². The van der Waals surface area contributed by atoms with Gasteiger partial charge in [0.05, 0.1) is 19.1 Å². The lowest BCUT2D eigenvalue weighted by molar-refractivity contribution is -0.140. The van der Waals surface area contributed by atoms with Gasteiger partial charge in [-0.15, -0.1) is 12.4 Å². The number of nitrogens with zero attached hydrogens (tertiary/aromatic N) is 1. The molecular formula is C17H26ClN3O3. The van der Waals surface area contributed by atoms with E-state index in [1.807, 2.05) is 30.3 Å². The Hall–Kier alpha value is -1.63. The zero-order chi connectivity index (χ0) is 16.8. The number of carbonyl (C=O) groups is 2. The first-order valence-electron chi connectivity index (χ1n) is 7.98. The predicted molar refractivity (Wildman–Crippen MR) is 94.8 cm³/mol. The molecule has 3 unspecified atom stereocenters. The van der Waals surface area contributed by atoms with Crippen LogP contribution in [0.3, 0.4) is 0 Å². The zero-order valence-electron chi connectivity index (χ0n) is 14.1. The lowest BCUT2D eigenvalue weighted by atomic mass is 9.94. The summed E-state index contributed by atoms with van der Waals surface area (Å²) in [6.45, 7) is 5.70. The van der Waals surface area contributed by atoms with Gasteiger partial charge >= 0.3 is 0 Å². The van der Waals surface area contributed by atoms with E-state index in [9.17, 15) is 9.59 Å². The number of carbonyl (C=O) groups excluding carboxylic acids is 2. The summed E-state index contributed by atoms with van der Waals surface area (Å²) < 4.78 is 5.23. The highest BCUT2D eigenvalue weighted by Gasteiger charge is 2.27. The molecule has 1 heterocycles. The van der Waals surface area contributed by atoms with Gasteiger partial charge in [0.1, 0.15) is 6.04 Å². The first-order valence-corrected chi connectivity index (χ1v) is 7.98. The van der Waals surface area contributed by atoms with Crippen molar-refractivity contribution in [2.75, 3.05) is 26.3 Å². The second-order valence-electron chi connectivity index (χ2n) is 5.89. The van der Waals surface area contributed by atoms with Gasteiger partial charge in [-0.25, -0.2) is 0 Å². The van der Waals surface area contributed by atoms with E-state index in [-0.39, 0.29) is 24.2 Å². The molecule has 0 saturated carbocycles. The van der Waals surface area contributed by atoms with Crippen LogP contribution < -0.4 is 11.1 Å². The second kappa shape index (κ2) is 9.61. The van der Waals surface area contributed by atoms with Crippen molar-refractivity contribution in [3.05, 3.63) is 35.9 Å². The fraction of sp³-hybridized carbons (Fsp3) is 0.529. The molecule has 0 aliphatic carbocycles. The fourth-order valence-corrected chi connectivity index (χ4v) is 2.59. The molecule has 0 spiro atoms. The van der Waals surface area contributed by atoms with E-state index >= 15 is 0 Å². The fourth-order valence-electron chi connectivity index (χ4n) is 2.59. The minimum atomic E-state index is -0.564. The van der Waals surface area contributed by atoms with Crippen LogP contribution in [0, 0.1) is 5.92 Å². The number of hydrogen-bond donors (Lipinski definition) is 2. The van der Waals surface area contributed by atoms with Crippen LogP contribution in [0.4, 0.5) is 0 Å². The molecule has 2 rings (SSSR count). The number of nitrogens with two attached hydrogens (primary N) is 1. The van der Waals surface area contributed by atoms with E-state index in [1.54, 1.807) is 18.7 Å². The standard InChI is InChI=1S/C17H25N3O3.ClH/c1-12(15(18)14-6-4-3-5-7-14)16(21)19-13(2)17(22)20-8-10-23-11-9-20;/h3-7,12-13,15H,8-11,18H2,1-2H3,(H,19,21);1H. The van der Waals surface area contributed by atoms with Gasteiger partial charge in [0, 0.05) is 19.1 Å². The largest absolute Gasteiger partial charge is 0.378 e.